The summed E-state index contributed by atoms with van der Waals surface area (Å²) in [7, 11) is 5.57. The first-order chi connectivity index (χ1) is 8.13. The van der Waals surface area contributed by atoms with E-state index in [-0.39, 0.29) is 12.5 Å². The van der Waals surface area contributed by atoms with E-state index in [4.69, 9.17) is 4.74 Å². The molecule has 0 saturated heterocycles. The molecule has 0 saturated carbocycles. The summed E-state index contributed by atoms with van der Waals surface area (Å²) in [6, 6.07) is 8.11. The Labute approximate surface area is 103 Å². The Hall–Kier alpha value is -1.39. The van der Waals surface area contributed by atoms with Crippen molar-refractivity contribution < 1.29 is 9.53 Å². The minimum Gasteiger partial charge on any atom is -0.375 e. The van der Waals surface area contributed by atoms with Gasteiger partial charge in [-0.25, -0.2) is 0 Å². The van der Waals surface area contributed by atoms with Gasteiger partial charge in [0, 0.05) is 20.2 Å². The maximum absolute atomic E-state index is 11.3. The Bertz CT molecular complexity index is 364. The molecule has 0 aromatic heterocycles. The lowest BCUT2D eigenvalue weighted by Crippen LogP contribution is -2.27. The standard InChI is InChI=1S/C13H20N2O2/c1-15(2)9-12-7-5-4-6-11(12)8-14-13(16)10-17-3/h4-7H,8-10H2,1-3H3,(H,14,16). The van der Waals surface area contributed by atoms with Crippen LogP contribution in [0.25, 0.3) is 0 Å². The molecule has 1 aromatic rings. The molecule has 94 valence electrons. The number of hydrogen-bond donors (Lipinski definition) is 1. The average molecular weight is 236 g/mol. The Kier molecular flexibility index (Phi) is 5.66. The normalized spacial score (nSPS) is 10.6. The van der Waals surface area contributed by atoms with Crippen LogP contribution in [0.2, 0.25) is 0 Å². The van der Waals surface area contributed by atoms with E-state index in [9.17, 15) is 4.79 Å². The first-order valence-electron chi connectivity index (χ1n) is 5.60. The molecule has 0 fully saturated rings. The van der Waals surface area contributed by atoms with Gasteiger partial charge >= 0.3 is 0 Å². The van der Waals surface area contributed by atoms with Crippen LogP contribution < -0.4 is 5.32 Å². The molecular formula is C13H20N2O2. The fourth-order valence-electron chi connectivity index (χ4n) is 1.60. The molecule has 4 nitrogen and oxygen atoms in total. The molecule has 0 spiro atoms. The highest BCUT2D eigenvalue weighted by Crippen LogP contribution is 2.10. The second kappa shape index (κ2) is 7.04. The van der Waals surface area contributed by atoms with Crippen LogP contribution in [0.15, 0.2) is 24.3 Å². The van der Waals surface area contributed by atoms with Crippen molar-refractivity contribution in [2.75, 3.05) is 27.8 Å². The molecule has 4 heteroatoms. The first-order valence-corrected chi connectivity index (χ1v) is 5.60. The van der Waals surface area contributed by atoms with Crippen molar-refractivity contribution in [3.63, 3.8) is 0 Å². The molecule has 0 bridgehead atoms. The number of benzene rings is 1. The van der Waals surface area contributed by atoms with Crippen molar-refractivity contribution in [1.82, 2.24) is 10.2 Å². The third-order valence-electron chi connectivity index (χ3n) is 2.36. The van der Waals surface area contributed by atoms with Crippen molar-refractivity contribution in [2.45, 2.75) is 13.1 Å². The highest BCUT2D eigenvalue weighted by Gasteiger charge is 2.05. The van der Waals surface area contributed by atoms with Gasteiger partial charge in [-0.05, 0) is 25.2 Å². The number of nitrogens with one attached hydrogen (secondary N) is 1. The van der Waals surface area contributed by atoms with Crippen molar-refractivity contribution in [3.8, 4) is 0 Å². The van der Waals surface area contributed by atoms with Crippen LogP contribution in [0, 0.1) is 0 Å². The van der Waals surface area contributed by atoms with Gasteiger partial charge in [-0.1, -0.05) is 24.3 Å². The third-order valence-corrected chi connectivity index (χ3v) is 2.36. The number of carbonyl (C=O) groups excluding carboxylic acids is 1. The van der Waals surface area contributed by atoms with Gasteiger partial charge in [0.1, 0.15) is 6.61 Å². The predicted octanol–water partition coefficient (Wildman–Crippen LogP) is 1.01. The number of rotatable bonds is 6. The van der Waals surface area contributed by atoms with E-state index in [0.29, 0.717) is 6.54 Å². The molecule has 0 radical (unpaired) electrons. The predicted molar refractivity (Wildman–Crippen MR) is 67.6 cm³/mol. The zero-order valence-electron chi connectivity index (χ0n) is 10.7. The lowest BCUT2D eigenvalue weighted by Gasteiger charge is -2.14. The van der Waals surface area contributed by atoms with Crippen molar-refractivity contribution in [2.24, 2.45) is 0 Å². The molecule has 0 unspecified atom stereocenters. The minimum atomic E-state index is -0.0906. The van der Waals surface area contributed by atoms with Gasteiger partial charge in [0.15, 0.2) is 0 Å². The highest BCUT2D eigenvalue weighted by molar-refractivity contribution is 5.77. The topological polar surface area (TPSA) is 41.6 Å². The molecule has 0 atom stereocenters. The quantitative estimate of drug-likeness (QED) is 0.801. The molecule has 1 amide bonds. The molecule has 1 aromatic carbocycles. The zero-order chi connectivity index (χ0) is 12.7. The summed E-state index contributed by atoms with van der Waals surface area (Å²) in [5, 5.41) is 2.83. The highest BCUT2D eigenvalue weighted by atomic mass is 16.5. The molecule has 1 N–H and O–H groups in total. The van der Waals surface area contributed by atoms with Gasteiger partial charge in [-0.3, -0.25) is 4.79 Å². The van der Waals surface area contributed by atoms with Crippen molar-refractivity contribution >= 4 is 5.91 Å². The SMILES string of the molecule is COCC(=O)NCc1ccccc1CN(C)C. The maximum Gasteiger partial charge on any atom is 0.246 e. The fourth-order valence-corrected chi connectivity index (χ4v) is 1.60. The van der Waals surface area contributed by atoms with E-state index in [2.05, 4.69) is 16.3 Å². The molecule has 0 aliphatic carbocycles. The van der Waals surface area contributed by atoms with E-state index >= 15 is 0 Å². The number of ether oxygens (including phenoxy) is 1. The van der Waals surface area contributed by atoms with Crippen LogP contribution in [0.1, 0.15) is 11.1 Å². The van der Waals surface area contributed by atoms with Gasteiger partial charge in [0.05, 0.1) is 0 Å². The number of nitrogens with zero attached hydrogens (tertiary/aromatic N) is 1. The van der Waals surface area contributed by atoms with Gasteiger partial charge in [-0.2, -0.15) is 0 Å². The van der Waals surface area contributed by atoms with Crippen molar-refractivity contribution in [1.29, 1.82) is 0 Å². The van der Waals surface area contributed by atoms with Gasteiger partial charge in [0.25, 0.3) is 0 Å². The van der Waals surface area contributed by atoms with E-state index in [1.54, 1.807) is 0 Å². The van der Waals surface area contributed by atoms with Crippen molar-refractivity contribution in [3.05, 3.63) is 35.4 Å². The Morgan fingerprint density at radius 3 is 2.53 bits per heavy atom. The van der Waals surface area contributed by atoms with Crippen LogP contribution in [0.3, 0.4) is 0 Å². The number of hydrogen-bond acceptors (Lipinski definition) is 3. The molecular weight excluding hydrogens is 216 g/mol. The lowest BCUT2D eigenvalue weighted by atomic mass is 10.1. The summed E-state index contributed by atoms with van der Waals surface area (Å²) in [6.45, 7) is 1.53. The lowest BCUT2D eigenvalue weighted by molar-refractivity contribution is -0.124. The molecule has 1 rings (SSSR count). The average Bonchev–Trinajstić information content (AvgIpc) is 2.27. The number of carbonyl (C=O) groups is 1. The minimum absolute atomic E-state index is 0.0906. The smallest absolute Gasteiger partial charge is 0.246 e. The summed E-state index contributed by atoms with van der Waals surface area (Å²) in [5.41, 5.74) is 2.38. The van der Waals surface area contributed by atoms with Crippen LogP contribution in [-0.4, -0.2) is 38.6 Å². The van der Waals surface area contributed by atoms with Crippen LogP contribution in [0.4, 0.5) is 0 Å². The summed E-state index contributed by atoms with van der Waals surface area (Å²) in [4.78, 5) is 13.4. The second-order valence-corrected chi connectivity index (χ2v) is 4.22. The first kappa shape index (κ1) is 13.7. The second-order valence-electron chi connectivity index (χ2n) is 4.22. The van der Waals surface area contributed by atoms with Gasteiger partial charge < -0.3 is 15.0 Å². The summed E-state index contributed by atoms with van der Waals surface area (Å²) < 4.78 is 4.77. The Balaban J connectivity index is 2.60. The van der Waals surface area contributed by atoms with Crippen LogP contribution in [0.5, 0.6) is 0 Å². The number of methoxy groups -OCH3 is 1. The molecule has 0 aliphatic heterocycles. The van der Waals surface area contributed by atoms with E-state index in [1.807, 2.05) is 32.3 Å². The molecule has 0 heterocycles. The van der Waals surface area contributed by atoms with Crippen LogP contribution >= 0.6 is 0 Å². The monoisotopic (exact) mass is 236 g/mol. The van der Waals surface area contributed by atoms with Gasteiger partial charge in [0.2, 0.25) is 5.91 Å². The Morgan fingerprint density at radius 2 is 1.94 bits per heavy atom. The fraction of sp³-hybridized carbons (Fsp3) is 0.462. The van der Waals surface area contributed by atoms with Crippen LogP contribution in [-0.2, 0) is 22.6 Å². The molecule has 17 heavy (non-hydrogen) atoms. The third kappa shape index (κ3) is 4.97. The zero-order valence-corrected chi connectivity index (χ0v) is 10.7. The van der Waals surface area contributed by atoms with Gasteiger partial charge in [-0.15, -0.1) is 0 Å². The van der Waals surface area contributed by atoms with E-state index in [1.165, 1.54) is 12.7 Å². The molecule has 0 aliphatic rings. The maximum atomic E-state index is 11.3. The summed E-state index contributed by atoms with van der Waals surface area (Å²) in [6.07, 6.45) is 0. The van der Waals surface area contributed by atoms with E-state index in [0.717, 1.165) is 12.1 Å². The number of amides is 1. The van der Waals surface area contributed by atoms with E-state index < -0.39 is 0 Å². The largest absolute Gasteiger partial charge is 0.375 e. The summed E-state index contributed by atoms with van der Waals surface area (Å²) >= 11 is 0. The Morgan fingerprint density at radius 1 is 1.29 bits per heavy atom. The summed E-state index contributed by atoms with van der Waals surface area (Å²) in [5.74, 6) is -0.0906.